The summed E-state index contributed by atoms with van der Waals surface area (Å²) >= 11 is 0. The summed E-state index contributed by atoms with van der Waals surface area (Å²) < 4.78 is 4.92. The van der Waals surface area contributed by atoms with Crippen LogP contribution in [0.25, 0.3) is 0 Å². The van der Waals surface area contributed by atoms with Crippen LogP contribution in [0.2, 0.25) is 0 Å². The lowest BCUT2D eigenvalue weighted by Crippen LogP contribution is -2.54. The highest BCUT2D eigenvalue weighted by atomic mass is 35.5. The number of halogens is 3. The number of rotatable bonds is 4. The van der Waals surface area contributed by atoms with Crippen molar-refractivity contribution in [2.24, 2.45) is 0 Å². The molecule has 28 heavy (non-hydrogen) atoms. The van der Waals surface area contributed by atoms with Crippen molar-refractivity contribution in [3.8, 4) is 0 Å². The smallest absolute Gasteiger partial charge is 0.335 e. The Hall–Kier alpha value is -0.890. The molecular weight excluding hydrogens is 425 g/mol. The van der Waals surface area contributed by atoms with Gasteiger partial charge in [-0.1, -0.05) is 30.3 Å². The Balaban J connectivity index is 0.00000243. The molecule has 0 aromatic heterocycles. The minimum absolute atomic E-state index is 0. The van der Waals surface area contributed by atoms with E-state index in [-0.39, 0.29) is 37.2 Å². The molecule has 1 unspecified atom stereocenters. The molecule has 6 nitrogen and oxygen atoms in total. The highest BCUT2D eigenvalue weighted by molar-refractivity contribution is 5.88. The molecule has 2 saturated heterocycles. The topological polar surface area (TPSA) is 61.9 Å². The zero-order valence-corrected chi connectivity index (χ0v) is 18.5. The minimum atomic E-state index is -0.556. The number of hydrogen-bond donors (Lipinski definition) is 1. The van der Waals surface area contributed by atoms with Crippen LogP contribution in [0.5, 0.6) is 0 Å². The summed E-state index contributed by atoms with van der Waals surface area (Å²) in [6, 6.07) is 9.72. The summed E-state index contributed by atoms with van der Waals surface area (Å²) in [5, 5.41) is 3.41. The number of ether oxygens (including phenoxy) is 1. The maximum atomic E-state index is 12.5. The van der Waals surface area contributed by atoms with Crippen LogP contribution in [0.4, 0.5) is 0 Å². The quantitative estimate of drug-likeness (QED) is 0.557. The van der Waals surface area contributed by atoms with Gasteiger partial charge in [0.15, 0.2) is 0 Å². The second-order valence-corrected chi connectivity index (χ2v) is 6.78. The van der Waals surface area contributed by atoms with Crippen LogP contribution in [0.15, 0.2) is 30.3 Å². The summed E-state index contributed by atoms with van der Waals surface area (Å²) in [4.78, 5) is 28.5. The first-order valence-corrected chi connectivity index (χ1v) is 9.11. The van der Waals surface area contributed by atoms with Gasteiger partial charge in [0.2, 0.25) is 0 Å². The second-order valence-electron chi connectivity index (χ2n) is 6.78. The summed E-state index contributed by atoms with van der Waals surface area (Å²) in [6.45, 7) is 6.94. The zero-order chi connectivity index (χ0) is 17.6. The van der Waals surface area contributed by atoms with Gasteiger partial charge in [-0.25, -0.2) is 4.79 Å². The number of nitrogens with zero attached hydrogens (tertiary/aromatic N) is 2. The van der Waals surface area contributed by atoms with E-state index in [1.807, 2.05) is 30.3 Å². The van der Waals surface area contributed by atoms with Gasteiger partial charge in [-0.2, -0.15) is 0 Å². The van der Waals surface area contributed by atoms with Gasteiger partial charge >= 0.3 is 11.9 Å². The lowest BCUT2D eigenvalue weighted by Gasteiger charge is -2.42. The third-order valence-electron chi connectivity index (χ3n) is 5.12. The standard InChI is InChI=1S/C19H27N3O3.3ClH/c1-15(23)25-19(24)18(16-5-3-2-4-6-16)22-13-11-21(12-14-22)17-7-9-20-10-8-17;;;/h2-6,17-18,20H,7-14H2,1H3;3*1H. The lowest BCUT2D eigenvalue weighted by molar-refractivity contribution is -0.163. The van der Waals surface area contributed by atoms with E-state index in [1.165, 1.54) is 19.8 Å². The number of benzene rings is 1. The number of piperazine rings is 1. The number of carbonyl (C=O) groups excluding carboxylic acids is 2. The van der Waals surface area contributed by atoms with E-state index in [9.17, 15) is 9.59 Å². The van der Waals surface area contributed by atoms with Gasteiger partial charge in [0.25, 0.3) is 0 Å². The molecule has 1 N–H and O–H groups in total. The highest BCUT2D eigenvalue weighted by Gasteiger charge is 2.34. The molecule has 0 bridgehead atoms. The Morgan fingerprint density at radius 2 is 1.57 bits per heavy atom. The summed E-state index contributed by atoms with van der Waals surface area (Å²) in [5.41, 5.74) is 0.879. The van der Waals surface area contributed by atoms with E-state index in [4.69, 9.17) is 4.74 Å². The molecule has 0 aliphatic carbocycles. The van der Waals surface area contributed by atoms with E-state index >= 15 is 0 Å². The predicted octanol–water partition coefficient (Wildman–Crippen LogP) is 2.45. The molecule has 3 rings (SSSR count). The van der Waals surface area contributed by atoms with E-state index in [0.717, 1.165) is 44.8 Å². The van der Waals surface area contributed by atoms with Gasteiger partial charge in [0.1, 0.15) is 6.04 Å². The van der Waals surface area contributed by atoms with Crippen molar-refractivity contribution >= 4 is 49.2 Å². The molecule has 9 heteroatoms. The van der Waals surface area contributed by atoms with E-state index in [1.54, 1.807) is 0 Å². The minimum Gasteiger partial charge on any atom is -0.392 e. The van der Waals surface area contributed by atoms with Gasteiger partial charge in [0.05, 0.1) is 0 Å². The molecule has 2 aliphatic rings. The fourth-order valence-corrected chi connectivity index (χ4v) is 3.86. The first-order valence-electron chi connectivity index (χ1n) is 9.11. The van der Waals surface area contributed by atoms with E-state index in [0.29, 0.717) is 6.04 Å². The molecule has 1 atom stereocenters. The molecule has 2 fully saturated rings. The highest BCUT2D eigenvalue weighted by Crippen LogP contribution is 2.25. The molecule has 0 amide bonds. The summed E-state index contributed by atoms with van der Waals surface area (Å²) in [6.07, 6.45) is 2.38. The van der Waals surface area contributed by atoms with Crippen molar-refractivity contribution in [3.05, 3.63) is 35.9 Å². The molecule has 0 saturated carbocycles. The summed E-state index contributed by atoms with van der Waals surface area (Å²) in [7, 11) is 0. The Morgan fingerprint density at radius 1 is 1.00 bits per heavy atom. The molecule has 1 aromatic carbocycles. The third-order valence-corrected chi connectivity index (χ3v) is 5.12. The molecule has 1 aromatic rings. The maximum absolute atomic E-state index is 12.5. The van der Waals surface area contributed by atoms with Gasteiger partial charge in [-0.05, 0) is 31.5 Å². The summed E-state index contributed by atoms with van der Waals surface area (Å²) in [5.74, 6) is -1.03. The van der Waals surface area contributed by atoms with Crippen LogP contribution in [0, 0.1) is 0 Å². The number of carbonyl (C=O) groups is 2. The molecule has 160 valence electrons. The molecular formula is C19H30Cl3N3O3. The van der Waals surface area contributed by atoms with Gasteiger partial charge in [-0.15, -0.1) is 37.2 Å². The van der Waals surface area contributed by atoms with Crippen molar-refractivity contribution in [2.45, 2.75) is 31.8 Å². The number of piperidine rings is 1. The SMILES string of the molecule is CC(=O)OC(=O)C(c1ccccc1)N1CCN(C2CCNCC2)CC1.Cl.Cl.Cl. The van der Waals surface area contributed by atoms with E-state index < -0.39 is 18.0 Å². The van der Waals surface area contributed by atoms with Gasteiger partial charge in [-0.3, -0.25) is 14.6 Å². The van der Waals surface area contributed by atoms with Crippen molar-refractivity contribution in [2.75, 3.05) is 39.3 Å². The van der Waals surface area contributed by atoms with Crippen LogP contribution in [-0.4, -0.2) is 67.0 Å². The largest absolute Gasteiger partial charge is 0.392 e. The first kappa shape index (κ1) is 27.1. The predicted molar refractivity (Wildman–Crippen MR) is 117 cm³/mol. The Bertz CT molecular complexity index is 593. The lowest BCUT2D eigenvalue weighted by atomic mass is 10.0. The average Bonchev–Trinajstić information content (AvgIpc) is 2.63. The number of hydrogen-bond acceptors (Lipinski definition) is 6. The first-order chi connectivity index (χ1) is 12.1. The van der Waals surface area contributed by atoms with Crippen LogP contribution < -0.4 is 5.32 Å². The van der Waals surface area contributed by atoms with Crippen LogP contribution in [0.3, 0.4) is 0 Å². The third kappa shape index (κ3) is 7.17. The average molecular weight is 455 g/mol. The fourth-order valence-electron chi connectivity index (χ4n) is 3.86. The fraction of sp³-hybridized carbons (Fsp3) is 0.579. The zero-order valence-electron chi connectivity index (χ0n) is 16.0. The van der Waals surface area contributed by atoms with Gasteiger partial charge < -0.3 is 10.1 Å². The number of esters is 2. The molecule has 0 radical (unpaired) electrons. The Morgan fingerprint density at radius 3 is 2.11 bits per heavy atom. The molecule has 2 heterocycles. The van der Waals surface area contributed by atoms with Gasteiger partial charge in [0, 0.05) is 39.1 Å². The Labute approximate surface area is 185 Å². The molecule has 2 aliphatic heterocycles. The van der Waals surface area contributed by atoms with Crippen molar-refractivity contribution in [1.29, 1.82) is 0 Å². The van der Waals surface area contributed by atoms with Crippen LogP contribution in [0.1, 0.15) is 31.4 Å². The van der Waals surface area contributed by atoms with Crippen LogP contribution in [-0.2, 0) is 14.3 Å². The van der Waals surface area contributed by atoms with Crippen molar-refractivity contribution in [3.63, 3.8) is 0 Å². The number of nitrogens with one attached hydrogen (secondary N) is 1. The van der Waals surface area contributed by atoms with E-state index in [2.05, 4.69) is 15.1 Å². The Kier molecular flexibility index (Phi) is 12.9. The van der Waals surface area contributed by atoms with Crippen molar-refractivity contribution in [1.82, 2.24) is 15.1 Å². The molecule has 0 spiro atoms. The van der Waals surface area contributed by atoms with Crippen LogP contribution >= 0.6 is 37.2 Å². The van der Waals surface area contributed by atoms with Crippen molar-refractivity contribution < 1.29 is 14.3 Å². The second kappa shape index (κ2) is 13.4. The monoisotopic (exact) mass is 453 g/mol. The maximum Gasteiger partial charge on any atom is 0.335 e. The normalized spacial score (nSPS) is 19.3.